The van der Waals surface area contributed by atoms with Crippen molar-refractivity contribution in [1.29, 1.82) is 0 Å². The molecule has 0 saturated carbocycles. The first-order valence-electron chi connectivity index (χ1n) is 5.52. The van der Waals surface area contributed by atoms with E-state index in [4.69, 9.17) is 4.74 Å². The summed E-state index contributed by atoms with van der Waals surface area (Å²) in [5.41, 5.74) is 0.565. The number of rotatable bonds is 3. The molecule has 0 amide bonds. The number of esters is 1. The highest BCUT2D eigenvalue weighted by Gasteiger charge is 2.15. The third-order valence-corrected chi connectivity index (χ3v) is 3.50. The number of hydrogen-bond donors (Lipinski definition) is 0. The van der Waals surface area contributed by atoms with Crippen LogP contribution in [0.2, 0.25) is 0 Å². The van der Waals surface area contributed by atoms with Crippen molar-refractivity contribution in [3.63, 3.8) is 0 Å². The molecule has 0 bridgehead atoms. The van der Waals surface area contributed by atoms with Crippen LogP contribution < -0.4 is 4.73 Å². The Labute approximate surface area is 113 Å². The van der Waals surface area contributed by atoms with Crippen LogP contribution in [0.1, 0.15) is 12.6 Å². The molecule has 0 spiro atoms. The zero-order chi connectivity index (χ0) is 13.1. The highest BCUT2D eigenvalue weighted by molar-refractivity contribution is 9.10. The summed E-state index contributed by atoms with van der Waals surface area (Å²) in [6.45, 7) is 1.55. The maximum atomic E-state index is 11.9. The maximum absolute atomic E-state index is 11.9. The van der Waals surface area contributed by atoms with E-state index in [0.717, 1.165) is 20.0 Å². The predicted octanol–water partition coefficient (Wildman–Crippen LogP) is 2.34. The lowest BCUT2D eigenvalue weighted by Gasteiger charge is -2.09. The minimum absolute atomic E-state index is 0.203. The lowest BCUT2D eigenvalue weighted by Crippen LogP contribution is -2.32. The van der Waals surface area contributed by atoms with Gasteiger partial charge in [0.1, 0.15) is 6.61 Å². The first-order chi connectivity index (χ1) is 8.59. The molecule has 0 aliphatic heterocycles. The van der Waals surface area contributed by atoms with Crippen LogP contribution in [-0.4, -0.2) is 12.6 Å². The van der Waals surface area contributed by atoms with E-state index in [2.05, 4.69) is 15.9 Å². The fourth-order valence-electron chi connectivity index (χ4n) is 1.78. The zero-order valence-electron chi connectivity index (χ0n) is 9.85. The monoisotopic (exact) mass is 309 g/mol. The number of carbonyl (C=O) groups is 1. The molecule has 0 saturated heterocycles. The van der Waals surface area contributed by atoms with Crippen molar-refractivity contribution in [2.45, 2.75) is 13.3 Å². The van der Waals surface area contributed by atoms with E-state index in [9.17, 15) is 10.0 Å². The van der Waals surface area contributed by atoms with Gasteiger partial charge in [-0.05, 0) is 22.0 Å². The van der Waals surface area contributed by atoms with E-state index in [1.807, 2.05) is 24.3 Å². The number of aromatic nitrogens is 1. The van der Waals surface area contributed by atoms with Crippen LogP contribution in [0.15, 0.2) is 34.9 Å². The molecule has 0 unspecified atom stereocenters. The van der Waals surface area contributed by atoms with Gasteiger partial charge in [0.15, 0.2) is 6.20 Å². The molecular formula is C13H12BrNO3. The lowest BCUT2D eigenvalue weighted by molar-refractivity contribution is -0.613. The molecule has 2 rings (SSSR count). The van der Waals surface area contributed by atoms with Crippen LogP contribution in [0.25, 0.3) is 10.8 Å². The third-order valence-electron chi connectivity index (χ3n) is 2.62. The maximum Gasteiger partial charge on any atom is 0.302 e. The Morgan fingerprint density at radius 3 is 2.89 bits per heavy atom. The van der Waals surface area contributed by atoms with Crippen molar-refractivity contribution in [3.05, 3.63) is 45.8 Å². The number of carbonyl (C=O) groups excluding carboxylic acids is 1. The summed E-state index contributed by atoms with van der Waals surface area (Å²) in [7, 11) is 0. The zero-order valence-corrected chi connectivity index (χ0v) is 11.4. The van der Waals surface area contributed by atoms with Gasteiger partial charge in [-0.1, -0.05) is 18.2 Å². The second kappa shape index (κ2) is 5.35. The van der Waals surface area contributed by atoms with Crippen LogP contribution in [0.3, 0.4) is 0 Å². The minimum Gasteiger partial charge on any atom is -0.618 e. The van der Waals surface area contributed by atoms with Gasteiger partial charge in [-0.3, -0.25) is 4.79 Å². The standard InChI is InChI=1S/C13H12BrNO3/c1-9(16)18-7-6-12-13(14)11-5-3-2-4-10(11)8-15(12)17/h2-5,8H,6-7H2,1H3. The van der Waals surface area contributed by atoms with Gasteiger partial charge >= 0.3 is 5.97 Å². The second-order valence-corrected chi connectivity index (χ2v) is 4.69. The molecule has 0 atom stereocenters. The summed E-state index contributed by atoms with van der Waals surface area (Å²) >= 11 is 3.44. The molecule has 1 aromatic carbocycles. The topological polar surface area (TPSA) is 53.2 Å². The summed E-state index contributed by atoms with van der Waals surface area (Å²) in [6, 6.07) is 7.62. The molecule has 4 nitrogen and oxygen atoms in total. The molecule has 0 fully saturated rings. The molecule has 18 heavy (non-hydrogen) atoms. The van der Waals surface area contributed by atoms with Crippen LogP contribution in [-0.2, 0) is 16.0 Å². The molecule has 2 aromatic rings. The van der Waals surface area contributed by atoms with E-state index in [-0.39, 0.29) is 12.6 Å². The molecule has 0 aliphatic rings. The van der Waals surface area contributed by atoms with Gasteiger partial charge in [0, 0.05) is 17.7 Å². The van der Waals surface area contributed by atoms with E-state index < -0.39 is 0 Å². The molecule has 1 heterocycles. The number of benzene rings is 1. The van der Waals surface area contributed by atoms with Crippen molar-refractivity contribution in [1.82, 2.24) is 0 Å². The van der Waals surface area contributed by atoms with Gasteiger partial charge in [-0.25, -0.2) is 0 Å². The molecule has 0 aliphatic carbocycles. The van der Waals surface area contributed by atoms with Crippen LogP contribution >= 0.6 is 15.9 Å². The Bertz CT molecular complexity index is 598. The first-order valence-corrected chi connectivity index (χ1v) is 6.31. The summed E-state index contributed by atoms with van der Waals surface area (Å²) in [6.07, 6.45) is 1.91. The predicted molar refractivity (Wildman–Crippen MR) is 70.9 cm³/mol. The van der Waals surface area contributed by atoms with Gasteiger partial charge in [0.25, 0.3) is 0 Å². The van der Waals surface area contributed by atoms with E-state index >= 15 is 0 Å². The second-order valence-electron chi connectivity index (χ2n) is 3.89. The fraction of sp³-hybridized carbons (Fsp3) is 0.231. The van der Waals surface area contributed by atoms with Gasteiger partial charge in [-0.2, -0.15) is 4.73 Å². The van der Waals surface area contributed by atoms with Gasteiger partial charge < -0.3 is 9.94 Å². The number of fused-ring (bicyclic) bond motifs is 1. The Morgan fingerprint density at radius 1 is 1.44 bits per heavy atom. The molecular weight excluding hydrogens is 298 g/mol. The van der Waals surface area contributed by atoms with E-state index in [1.165, 1.54) is 13.1 Å². The number of pyridine rings is 1. The van der Waals surface area contributed by atoms with E-state index in [1.54, 1.807) is 0 Å². The third kappa shape index (κ3) is 2.61. The van der Waals surface area contributed by atoms with Crippen molar-refractivity contribution in [2.24, 2.45) is 0 Å². The number of nitrogens with zero attached hydrogens (tertiary/aromatic N) is 1. The highest BCUT2D eigenvalue weighted by Crippen LogP contribution is 2.25. The van der Waals surface area contributed by atoms with Crippen LogP contribution in [0, 0.1) is 5.21 Å². The summed E-state index contributed by atoms with van der Waals surface area (Å²) in [4.78, 5) is 10.7. The quantitative estimate of drug-likeness (QED) is 0.497. The Morgan fingerprint density at radius 2 is 2.17 bits per heavy atom. The van der Waals surface area contributed by atoms with Crippen molar-refractivity contribution in [3.8, 4) is 0 Å². The minimum atomic E-state index is -0.343. The van der Waals surface area contributed by atoms with Crippen LogP contribution in [0.4, 0.5) is 0 Å². The molecule has 0 N–H and O–H groups in total. The fourth-order valence-corrected chi connectivity index (χ4v) is 2.51. The molecule has 1 aromatic heterocycles. The van der Waals surface area contributed by atoms with Crippen molar-refractivity contribution >= 4 is 32.7 Å². The molecule has 94 valence electrons. The largest absolute Gasteiger partial charge is 0.618 e. The Kier molecular flexibility index (Phi) is 3.81. The average molecular weight is 310 g/mol. The highest BCUT2D eigenvalue weighted by atomic mass is 79.9. The molecule has 0 radical (unpaired) electrons. The van der Waals surface area contributed by atoms with Crippen molar-refractivity contribution in [2.75, 3.05) is 6.61 Å². The summed E-state index contributed by atoms with van der Waals surface area (Å²) in [5.74, 6) is -0.343. The Hall–Kier alpha value is -1.62. The summed E-state index contributed by atoms with van der Waals surface area (Å²) in [5, 5.41) is 13.7. The smallest absolute Gasteiger partial charge is 0.302 e. The SMILES string of the molecule is CC(=O)OCCc1c(Br)c2ccccc2c[n+]1[O-]. The van der Waals surface area contributed by atoms with Crippen molar-refractivity contribution < 1.29 is 14.3 Å². The normalized spacial score (nSPS) is 10.6. The van der Waals surface area contributed by atoms with Gasteiger partial charge in [0.05, 0.1) is 10.9 Å². The first kappa shape index (κ1) is 12.8. The van der Waals surface area contributed by atoms with E-state index in [0.29, 0.717) is 12.1 Å². The summed E-state index contributed by atoms with van der Waals surface area (Å²) < 4.78 is 6.42. The number of halogens is 1. The molecule has 5 heteroatoms. The van der Waals surface area contributed by atoms with Gasteiger partial charge in [-0.15, -0.1) is 0 Å². The lowest BCUT2D eigenvalue weighted by atomic mass is 10.1. The number of ether oxygens (including phenoxy) is 1. The Balaban J connectivity index is 2.35. The number of hydrogen-bond acceptors (Lipinski definition) is 3. The van der Waals surface area contributed by atoms with Gasteiger partial charge in [0.2, 0.25) is 5.69 Å². The van der Waals surface area contributed by atoms with Crippen LogP contribution in [0.5, 0.6) is 0 Å². The average Bonchev–Trinajstić information content (AvgIpc) is 2.33.